The fraction of sp³-hybridized carbons (Fsp3) is 0.600. The summed E-state index contributed by atoms with van der Waals surface area (Å²) < 4.78 is 0. The van der Waals surface area contributed by atoms with E-state index in [1.54, 1.807) is 0 Å². The van der Waals surface area contributed by atoms with Gasteiger partial charge in [0.15, 0.2) is 0 Å². The lowest BCUT2D eigenvalue weighted by atomic mass is 9.97. The molecule has 1 aliphatic carbocycles. The van der Waals surface area contributed by atoms with Crippen molar-refractivity contribution < 1.29 is 5.11 Å². The minimum Gasteiger partial charge on any atom is -0.507 e. The van der Waals surface area contributed by atoms with Crippen molar-refractivity contribution in [3.05, 3.63) is 28.8 Å². The van der Waals surface area contributed by atoms with Gasteiger partial charge in [-0.25, -0.2) is 0 Å². The van der Waals surface area contributed by atoms with Gasteiger partial charge in [0.1, 0.15) is 5.75 Å². The number of nitrogens with one attached hydrogen (secondary N) is 1. The largest absolute Gasteiger partial charge is 0.507 e. The minimum atomic E-state index is 0.236. The number of phenols is 1. The van der Waals surface area contributed by atoms with Crippen LogP contribution in [0.2, 0.25) is 0 Å². The van der Waals surface area contributed by atoms with E-state index in [-0.39, 0.29) is 5.54 Å². The molecular weight excluding hydrogens is 210 g/mol. The molecule has 0 atom stereocenters. The number of hydrogen-bond donors (Lipinski definition) is 2. The Labute approximate surface area is 104 Å². The second kappa shape index (κ2) is 4.34. The number of hydrogen-bond acceptors (Lipinski definition) is 2. The van der Waals surface area contributed by atoms with Crippen LogP contribution in [0.15, 0.2) is 12.1 Å². The van der Waals surface area contributed by atoms with Crippen molar-refractivity contribution in [2.24, 2.45) is 5.92 Å². The predicted octanol–water partition coefficient (Wildman–Crippen LogP) is 3.29. The van der Waals surface area contributed by atoms with Gasteiger partial charge >= 0.3 is 0 Å². The Balaban J connectivity index is 2.04. The van der Waals surface area contributed by atoms with E-state index in [4.69, 9.17) is 0 Å². The summed E-state index contributed by atoms with van der Waals surface area (Å²) in [7, 11) is 0. The van der Waals surface area contributed by atoms with Gasteiger partial charge in [0, 0.05) is 12.1 Å². The zero-order chi connectivity index (χ0) is 12.6. The highest BCUT2D eigenvalue weighted by molar-refractivity contribution is 5.42. The van der Waals surface area contributed by atoms with E-state index in [9.17, 15) is 5.11 Å². The average Bonchev–Trinajstić information content (AvgIpc) is 3.06. The van der Waals surface area contributed by atoms with Crippen molar-refractivity contribution in [1.82, 2.24) is 5.32 Å². The summed E-state index contributed by atoms with van der Waals surface area (Å²) in [5.41, 5.74) is 3.42. The lowest BCUT2D eigenvalue weighted by Gasteiger charge is -2.26. The number of phenolic OH excluding ortho intramolecular Hbond substituents is 1. The molecule has 1 aromatic rings. The molecule has 0 bridgehead atoms. The molecule has 0 amide bonds. The third-order valence-electron chi connectivity index (χ3n) is 3.90. The maximum atomic E-state index is 9.74. The molecular formula is C15H23NO. The van der Waals surface area contributed by atoms with E-state index < -0.39 is 0 Å². The third-order valence-corrected chi connectivity index (χ3v) is 3.90. The SMILES string of the molecule is Cc1cc(CNC(C)(C)C2CC2)cc(C)c1O. The molecule has 0 aromatic heterocycles. The first kappa shape index (κ1) is 12.4. The van der Waals surface area contributed by atoms with Crippen LogP contribution in [0.4, 0.5) is 0 Å². The quantitative estimate of drug-likeness (QED) is 0.836. The lowest BCUT2D eigenvalue weighted by Crippen LogP contribution is -2.40. The Bertz CT molecular complexity index is 396. The molecule has 2 rings (SSSR count). The zero-order valence-corrected chi connectivity index (χ0v) is 11.3. The summed E-state index contributed by atoms with van der Waals surface area (Å²) in [6.45, 7) is 9.36. The second-order valence-corrected chi connectivity index (χ2v) is 5.93. The van der Waals surface area contributed by atoms with E-state index in [0.717, 1.165) is 23.6 Å². The molecule has 1 aromatic carbocycles. The van der Waals surface area contributed by atoms with Gasteiger partial charge in [-0.15, -0.1) is 0 Å². The van der Waals surface area contributed by atoms with E-state index >= 15 is 0 Å². The smallest absolute Gasteiger partial charge is 0.121 e. The van der Waals surface area contributed by atoms with Crippen LogP contribution in [0.25, 0.3) is 0 Å². The van der Waals surface area contributed by atoms with Crippen LogP contribution < -0.4 is 5.32 Å². The molecule has 2 heteroatoms. The van der Waals surface area contributed by atoms with E-state index in [1.807, 2.05) is 13.8 Å². The number of aryl methyl sites for hydroxylation is 2. The molecule has 0 aliphatic heterocycles. The van der Waals surface area contributed by atoms with Gasteiger partial charge in [-0.2, -0.15) is 0 Å². The Morgan fingerprint density at radius 3 is 2.24 bits per heavy atom. The fourth-order valence-electron chi connectivity index (χ4n) is 2.43. The molecule has 17 heavy (non-hydrogen) atoms. The predicted molar refractivity (Wildman–Crippen MR) is 71.2 cm³/mol. The van der Waals surface area contributed by atoms with Crippen molar-refractivity contribution in [2.45, 2.75) is 52.6 Å². The van der Waals surface area contributed by atoms with Gasteiger partial charge in [-0.05, 0) is 63.1 Å². The van der Waals surface area contributed by atoms with Gasteiger partial charge in [-0.3, -0.25) is 0 Å². The van der Waals surface area contributed by atoms with Crippen LogP contribution in [-0.2, 0) is 6.54 Å². The molecule has 1 fully saturated rings. The van der Waals surface area contributed by atoms with Crippen molar-refractivity contribution >= 4 is 0 Å². The Morgan fingerprint density at radius 2 is 1.76 bits per heavy atom. The molecule has 0 heterocycles. The Kier molecular flexibility index (Phi) is 3.17. The van der Waals surface area contributed by atoms with Gasteiger partial charge in [0.25, 0.3) is 0 Å². The minimum absolute atomic E-state index is 0.236. The number of aromatic hydroxyl groups is 1. The summed E-state index contributed by atoms with van der Waals surface area (Å²) in [4.78, 5) is 0. The monoisotopic (exact) mass is 233 g/mol. The van der Waals surface area contributed by atoms with Crippen LogP contribution >= 0.6 is 0 Å². The summed E-state index contributed by atoms with van der Waals surface area (Å²) in [5, 5.41) is 13.4. The fourth-order valence-corrected chi connectivity index (χ4v) is 2.43. The zero-order valence-electron chi connectivity index (χ0n) is 11.3. The maximum absolute atomic E-state index is 9.74. The molecule has 94 valence electrons. The molecule has 0 spiro atoms. The highest BCUT2D eigenvalue weighted by atomic mass is 16.3. The van der Waals surface area contributed by atoms with E-state index in [1.165, 1.54) is 18.4 Å². The first-order valence-electron chi connectivity index (χ1n) is 6.44. The summed E-state index contributed by atoms with van der Waals surface area (Å²) in [6.07, 6.45) is 2.71. The van der Waals surface area contributed by atoms with Crippen LogP contribution in [0.3, 0.4) is 0 Å². The van der Waals surface area contributed by atoms with E-state index in [2.05, 4.69) is 31.3 Å². The van der Waals surface area contributed by atoms with Crippen molar-refractivity contribution in [2.75, 3.05) is 0 Å². The highest BCUT2D eigenvalue weighted by Crippen LogP contribution is 2.39. The average molecular weight is 233 g/mol. The molecule has 1 saturated carbocycles. The van der Waals surface area contributed by atoms with Gasteiger partial charge in [0.05, 0.1) is 0 Å². The third kappa shape index (κ3) is 2.81. The van der Waals surface area contributed by atoms with Crippen LogP contribution in [0.5, 0.6) is 5.75 Å². The topological polar surface area (TPSA) is 32.3 Å². The molecule has 0 saturated heterocycles. The Morgan fingerprint density at radius 1 is 1.24 bits per heavy atom. The molecule has 0 unspecified atom stereocenters. The van der Waals surface area contributed by atoms with Crippen molar-refractivity contribution in [3.63, 3.8) is 0 Å². The molecule has 2 N–H and O–H groups in total. The standard InChI is InChI=1S/C15H23NO/c1-10-7-12(8-11(2)14(10)17)9-16-15(3,4)13-5-6-13/h7-8,13,16-17H,5-6,9H2,1-4H3. The second-order valence-electron chi connectivity index (χ2n) is 5.93. The number of benzene rings is 1. The van der Waals surface area contributed by atoms with Crippen molar-refractivity contribution in [1.29, 1.82) is 0 Å². The Hall–Kier alpha value is -1.02. The van der Waals surface area contributed by atoms with Crippen LogP contribution in [-0.4, -0.2) is 10.6 Å². The number of rotatable bonds is 4. The molecule has 1 aliphatic rings. The highest BCUT2D eigenvalue weighted by Gasteiger charge is 2.37. The van der Waals surface area contributed by atoms with Crippen LogP contribution in [0, 0.1) is 19.8 Å². The molecule has 2 nitrogen and oxygen atoms in total. The summed E-state index contributed by atoms with van der Waals surface area (Å²) in [5.74, 6) is 1.26. The normalized spacial score (nSPS) is 16.2. The lowest BCUT2D eigenvalue weighted by molar-refractivity contribution is 0.339. The summed E-state index contributed by atoms with van der Waals surface area (Å²) >= 11 is 0. The van der Waals surface area contributed by atoms with Gasteiger partial charge < -0.3 is 10.4 Å². The first-order chi connectivity index (χ1) is 7.90. The maximum Gasteiger partial charge on any atom is 0.121 e. The van der Waals surface area contributed by atoms with Gasteiger partial charge in [-0.1, -0.05) is 12.1 Å². The summed E-state index contributed by atoms with van der Waals surface area (Å²) in [6, 6.07) is 4.14. The van der Waals surface area contributed by atoms with Crippen LogP contribution in [0.1, 0.15) is 43.4 Å². The first-order valence-corrected chi connectivity index (χ1v) is 6.44. The van der Waals surface area contributed by atoms with Gasteiger partial charge in [0.2, 0.25) is 0 Å². The van der Waals surface area contributed by atoms with Crippen molar-refractivity contribution in [3.8, 4) is 5.75 Å². The van der Waals surface area contributed by atoms with E-state index in [0.29, 0.717) is 5.75 Å². The molecule has 0 radical (unpaired) electrons.